The predicted octanol–water partition coefficient (Wildman–Crippen LogP) is 3.76. The molecule has 4 rings (SSSR count). The molecular formula is C21H28O3. The Hall–Kier alpha value is -1.25. The van der Waals surface area contributed by atoms with Crippen LogP contribution in [0.2, 0.25) is 0 Å². The first-order chi connectivity index (χ1) is 11.4. The summed E-state index contributed by atoms with van der Waals surface area (Å²) in [6.07, 6.45) is 8.40. The molecule has 0 saturated heterocycles. The number of aldehydes is 1. The minimum absolute atomic E-state index is 0.0826. The largest absolute Gasteiger partial charge is 0.302 e. The molecule has 0 bridgehead atoms. The molecule has 0 N–H and O–H groups in total. The zero-order chi connectivity index (χ0) is 17.3. The minimum Gasteiger partial charge on any atom is -0.302 e. The number of Topliss-reactive ketones (excluding diaryl/α,β-unsaturated/α-hetero) is 2. The fraction of sp³-hybridized carbons (Fsp3) is 0.762. The molecule has 0 spiro atoms. The number of ketones is 2. The molecule has 3 nitrogen and oxygen atoms in total. The summed E-state index contributed by atoms with van der Waals surface area (Å²) in [6.45, 7) is 6.22. The summed E-state index contributed by atoms with van der Waals surface area (Å²) in [5.74, 6) is 1.82. The molecular weight excluding hydrogens is 300 g/mol. The van der Waals surface area contributed by atoms with Crippen LogP contribution in [0.1, 0.15) is 59.3 Å². The van der Waals surface area contributed by atoms with Crippen LogP contribution in [0.5, 0.6) is 0 Å². The third-order valence-corrected chi connectivity index (χ3v) is 8.34. The third-order valence-electron chi connectivity index (χ3n) is 8.34. The van der Waals surface area contributed by atoms with E-state index in [0.717, 1.165) is 31.3 Å². The molecule has 0 amide bonds. The number of carbonyl (C=O) groups excluding carboxylic acids is 3. The first-order valence-electron chi connectivity index (χ1n) is 9.59. The number of allylic oxidation sites excluding steroid dienone is 2. The molecule has 0 aromatic heterocycles. The number of rotatable bonds is 1. The number of hydrogen-bond acceptors (Lipinski definition) is 3. The lowest BCUT2D eigenvalue weighted by Crippen LogP contribution is -2.56. The Morgan fingerprint density at radius 1 is 1.17 bits per heavy atom. The van der Waals surface area contributed by atoms with Crippen LogP contribution in [0, 0.1) is 40.4 Å². The van der Waals surface area contributed by atoms with Gasteiger partial charge in [0.25, 0.3) is 0 Å². The first kappa shape index (κ1) is 16.2. The molecule has 0 heterocycles. The highest BCUT2D eigenvalue weighted by Crippen LogP contribution is 2.64. The summed E-state index contributed by atoms with van der Waals surface area (Å²) in [7, 11) is 0. The van der Waals surface area contributed by atoms with Crippen molar-refractivity contribution in [3.8, 4) is 0 Å². The summed E-state index contributed by atoms with van der Waals surface area (Å²) in [6, 6.07) is 0. The van der Waals surface area contributed by atoms with Crippen LogP contribution < -0.4 is 0 Å². The fourth-order valence-corrected chi connectivity index (χ4v) is 6.93. The highest BCUT2D eigenvalue weighted by atomic mass is 16.1. The van der Waals surface area contributed by atoms with E-state index >= 15 is 0 Å². The van der Waals surface area contributed by atoms with Crippen molar-refractivity contribution in [2.24, 2.45) is 40.4 Å². The molecule has 24 heavy (non-hydrogen) atoms. The smallest absolute Gasteiger partial charge is 0.140 e. The van der Waals surface area contributed by atoms with Gasteiger partial charge in [-0.15, -0.1) is 0 Å². The number of fused-ring (bicyclic) bond motifs is 5. The van der Waals surface area contributed by atoms with E-state index in [1.54, 1.807) is 0 Å². The van der Waals surface area contributed by atoms with Gasteiger partial charge in [-0.2, -0.15) is 0 Å². The van der Waals surface area contributed by atoms with E-state index < -0.39 is 5.41 Å². The molecule has 7 atom stereocenters. The monoisotopic (exact) mass is 328 g/mol. The molecule has 0 unspecified atom stereocenters. The van der Waals surface area contributed by atoms with Gasteiger partial charge in [0.2, 0.25) is 0 Å². The summed E-state index contributed by atoms with van der Waals surface area (Å²) in [5.41, 5.74) is 0.453. The number of carbonyl (C=O) groups is 3. The molecule has 4 aliphatic carbocycles. The van der Waals surface area contributed by atoms with Gasteiger partial charge in [0, 0.05) is 24.2 Å². The second kappa shape index (κ2) is 5.12. The molecule has 0 aromatic rings. The Morgan fingerprint density at radius 3 is 2.62 bits per heavy atom. The summed E-state index contributed by atoms with van der Waals surface area (Å²) in [4.78, 5) is 37.3. The zero-order valence-corrected chi connectivity index (χ0v) is 15.0. The van der Waals surface area contributed by atoms with Gasteiger partial charge in [0.05, 0.1) is 5.41 Å². The van der Waals surface area contributed by atoms with Gasteiger partial charge in [-0.3, -0.25) is 9.59 Å². The van der Waals surface area contributed by atoms with Gasteiger partial charge >= 0.3 is 0 Å². The van der Waals surface area contributed by atoms with Gasteiger partial charge in [-0.1, -0.05) is 32.4 Å². The van der Waals surface area contributed by atoms with Crippen molar-refractivity contribution in [1.29, 1.82) is 0 Å². The van der Waals surface area contributed by atoms with Crippen LogP contribution >= 0.6 is 0 Å². The van der Waals surface area contributed by atoms with Crippen LogP contribution in [-0.2, 0) is 14.4 Å². The van der Waals surface area contributed by atoms with Crippen molar-refractivity contribution in [3.63, 3.8) is 0 Å². The minimum atomic E-state index is -0.469. The van der Waals surface area contributed by atoms with Crippen molar-refractivity contribution in [1.82, 2.24) is 0 Å². The lowest BCUT2D eigenvalue weighted by atomic mass is 9.44. The lowest BCUT2D eigenvalue weighted by molar-refractivity contribution is -0.141. The van der Waals surface area contributed by atoms with Gasteiger partial charge < -0.3 is 4.79 Å². The maximum Gasteiger partial charge on any atom is 0.140 e. The van der Waals surface area contributed by atoms with Crippen LogP contribution in [0.4, 0.5) is 0 Å². The van der Waals surface area contributed by atoms with E-state index in [-0.39, 0.29) is 23.0 Å². The summed E-state index contributed by atoms with van der Waals surface area (Å²) < 4.78 is 0. The second-order valence-electron chi connectivity index (χ2n) is 9.03. The van der Waals surface area contributed by atoms with Gasteiger partial charge in [-0.05, 0) is 49.4 Å². The van der Waals surface area contributed by atoms with Gasteiger partial charge in [-0.25, -0.2) is 0 Å². The van der Waals surface area contributed by atoms with Gasteiger partial charge in [0.15, 0.2) is 0 Å². The predicted molar refractivity (Wildman–Crippen MR) is 91.2 cm³/mol. The summed E-state index contributed by atoms with van der Waals surface area (Å²) >= 11 is 0. The van der Waals surface area contributed by atoms with Crippen molar-refractivity contribution < 1.29 is 14.4 Å². The van der Waals surface area contributed by atoms with Crippen LogP contribution in [0.3, 0.4) is 0 Å². The topological polar surface area (TPSA) is 51.2 Å². The third kappa shape index (κ3) is 1.76. The molecule has 4 aliphatic rings. The molecule has 3 fully saturated rings. The van der Waals surface area contributed by atoms with E-state index in [0.29, 0.717) is 36.4 Å². The van der Waals surface area contributed by atoms with Crippen LogP contribution in [0.25, 0.3) is 0 Å². The zero-order valence-electron chi connectivity index (χ0n) is 15.0. The molecule has 3 heteroatoms. The van der Waals surface area contributed by atoms with E-state index in [4.69, 9.17) is 0 Å². The first-order valence-corrected chi connectivity index (χ1v) is 9.59. The highest BCUT2D eigenvalue weighted by molar-refractivity contribution is 5.89. The maximum atomic E-state index is 12.5. The highest BCUT2D eigenvalue weighted by Gasteiger charge is 2.62. The normalized spacial score (nSPS) is 50.6. The molecule has 3 saturated carbocycles. The molecule has 0 radical (unpaired) electrons. The average Bonchev–Trinajstić information content (AvgIpc) is 2.87. The second-order valence-corrected chi connectivity index (χ2v) is 9.03. The van der Waals surface area contributed by atoms with Gasteiger partial charge in [0.1, 0.15) is 17.9 Å². The summed E-state index contributed by atoms with van der Waals surface area (Å²) in [5, 5.41) is 0. The van der Waals surface area contributed by atoms with Crippen LogP contribution in [-0.4, -0.2) is 17.9 Å². The van der Waals surface area contributed by atoms with E-state index in [1.807, 2.05) is 6.92 Å². The van der Waals surface area contributed by atoms with Crippen molar-refractivity contribution in [2.75, 3.05) is 0 Å². The Kier molecular flexibility index (Phi) is 3.47. The Morgan fingerprint density at radius 2 is 1.92 bits per heavy atom. The maximum absolute atomic E-state index is 12.5. The van der Waals surface area contributed by atoms with Crippen LogP contribution in [0.15, 0.2) is 11.6 Å². The quantitative estimate of drug-likeness (QED) is 0.544. The average molecular weight is 328 g/mol. The van der Waals surface area contributed by atoms with E-state index in [9.17, 15) is 14.4 Å². The Labute approximate surface area is 144 Å². The van der Waals surface area contributed by atoms with Crippen molar-refractivity contribution in [2.45, 2.75) is 59.3 Å². The lowest BCUT2D eigenvalue weighted by Gasteiger charge is -2.58. The Bertz CT molecular complexity index is 647. The number of hydrogen-bond donors (Lipinski definition) is 0. The molecule has 0 aliphatic heterocycles. The van der Waals surface area contributed by atoms with E-state index in [1.165, 1.54) is 6.29 Å². The molecule has 130 valence electrons. The Balaban J connectivity index is 1.81. The van der Waals surface area contributed by atoms with Crippen molar-refractivity contribution in [3.05, 3.63) is 11.6 Å². The SMILES string of the molecule is C[C@@H]1C(=O)C[C@H](C)[C@@]2(C=O)C1=CC[C@@H]1[C@@H]2CC[C@]2(C)C(=O)CC[C@@H]12. The van der Waals surface area contributed by atoms with E-state index in [2.05, 4.69) is 19.9 Å². The standard InChI is InChI=1S/C21H28O3/c1-12-10-18(23)13(2)15-5-4-14-16-6-7-19(24)20(16,3)9-8-17(14)21(12,15)11-22/h5,11-14,16-17H,4,6-10H2,1-3H3/t12-,13-,14-,16-,17-,20-,21-/m0/s1. The molecule has 0 aromatic carbocycles. The van der Waals surface area contributed by atoms with Crippen molar-refractivity contribution >= 4 is 17.9 Å². The fourth-order valence-electron chi connectivity index (χ4n) is 6.93.